The van der Waals surface area contributed by atoms with E-state index in [1.165, 1.54) is 12.8 Å². The maximum absolute atomic E-state index is 5.94. The van der Waals surface area contributed by atoms with Crippen molar-refractivity contribution in [2.24, 2.45) is 11.1 Å². The Bertz CT molecular complexity index is 159. The maximum Gasteiger partial charge on any atom is 0.0628 e. The van der Waals surface area contributed by atoms with E-state index in [1.807, 2.05) is 0 Å². The molecule has 2 heteroatoms. The molecule has 0 spiro atoms. The van der Waals surface area contributed by atoms with Crippen molar-refractivity contribution in [3.8, 4) is 0 Å². The zero-order valence-electron chi connectivity index (χ0n) is 8.68. The van der Waals surface area contributed by atoms with Gasteiger partial charge in [-0.2, -0.15) is 0 Å². The molecule has 0 aromatic rings. The zero-order valence-corrected chi connectivity index (χ0v) is 8.68. The molecule has 2 nitrogen and oxygen atoms in total. The smallest absolute Gasteiger partial charge is 0.0628 e. The third-order valence-electron chi connectivity index (χ3n) is 3.19. The van der Waals surface area contributed by atoms with Gasteiger partial charge in [-0.15, -0.1) is 0 Å². The Morgan fingerprint density at radius 3 is 2.25 bits per heavy atom. The van der Waals surface area contributed by atoms with E-state index >= 15 is 0 Å². The van der Waals surface area contributed by atoms with E-state index in [2.05, 4.69) is 20.8 Å². The van der Waals surface area contributed by atoms with Gasteiger partial charge < -0.3 is 10.5 Å². The highest BCUT2D eigenvalue weighted by atomic mass is 16.5. The van der Waals surface area contributed by atoms with Crippen molar-refractivity contribution >= 4 is 0 Å². The van der Waals surface area contributed by atoms with Crippen molar-refractivity contribution in [3.63, 3.8) is 0 Å². The van der Waals surface area contributed by atoms with Gasteiger partial charge in [0.1, 0.15) is 0 Å². The Balaban J connectivity index is 2.50. The minimum absolute atomic E-state index is 0.00979. The molecule has 1 fully saturated rings. The number of nitrogens with two attached hydrogens (primary N) is 1. The van der Waals surface area contributed by atoms with Gasteiger partial charge in [0.25, 0.3) is 0 Å². The Morgan fingerprint density at radius 1 is 1.50 bits per heavy atom. The molecule has 0 bridgehead atoms. The van der Waals surface area contributed by atoms with Crippen molar-refractivity contribution in [1.29, 1.82) is 0 Å². The number of rotatable bonds is 4. The average molecular weight is 171 g/mol. The molecule has 1 unspecified atom stereocenters. The van der Waals surface area contributed by atoms with Gasteiger partial charge in [-0.1, -0.05) is 0 Å². The Labute approximate surface area is 75.5 Å². The SMILES string of the molecule is COC(C)(C)CC1(C(C)N)CC1. The number of hydrogen-bond acceptors (Lipinski definition) is 2. The van der Waals surface area contributed by atoms with Crippen molar-refractivity contribution in [2.45, 2.75) is 51.7 Å². The largest absolute Gasteiger partial charge is 0.379 e. The van der Waals surface area contributed by atoms with Crippen LogP contribution in [0.1, 0.15) is 40.0 Å². The first kappa shape index (κ1) is 10.0. The lowest BCUT2D eigenvalue weighted by molar-refractivity contribution is -0.00470. The number of hydrogen-bond donors (Lipinski definition) is 1. The van der Waals surface area contributed by atoms with Crippen molar-refractivity contribution in [3.05, 3.63) is 0 Å². The van der Waals surface area contributed by atoms with Crippen molar-refractivity contribution in [1.82, 2.24) is 0 Å². The molecule has 72 valence electrons. The zero-order chi connectivity index (χ0) is 9.41. The van der Waals surface area contributed by atoms with Crippen LogP contribution < -0.4 is 5.73 Å². The summed E-state index contributed by atoms with van der Waals surface area (Å²) in [5.41, 5.74) is 6.32. The molecule has 2 N–H and O–H groups in total. The topological polar surface area (TPSA) is 35.2 Å². The average Bonchev–Trinajstić information content (AvgIpc) is 2.69. The Hall–Kier alpha value is -0.0800. The minimum Gasteiger partial charge on any atom is -0.379 e. The summed E-state index contributed by atoms with van der Waals surface area (Å²) < 4.78 is 5.41. The predicted molar refractivity (Wildman–Crippen MR) is 51.0 cm³/mol. The van der Waals surface area contributed by atoms with Crippen LogP contribution in [0.4, 0.5) is 0 Å². The molecule has 1 saturated carbocycles. The van der Waals surface area contributed by atoms with Gasteiger partial charge in [0, 0.05) is 13.2 Å². The lowest BCUT2D eigenvalue weighted by atomic mass is 9.86. The second kappa shape index (κ2) is 3.00. The van der Waals surface area contributed by atoms with Crippen LogP contribution in [0, 0.1) is 5.41 Å². The minimum atomic E-state index is -0.00979. The van der Waals surface area contributed by atoms with E-state index in [-0.39, 0.29) is 5.60 Å². The lowest BCUT2D eigenvalue weighted by Gasteiger charge is -2.30. The van der Waals surface area contributed by atoms with Gasteiger partial charge in [0.15, 0.2) is 0 Å². The summed E-state index contributed by atoms with van der Waals surface area (Å²) in [6, 6.07) is 0.312. The summed E-state index contributed by atoms with van der Waals surface area (Å²) in [4.78, 5) is 0. The third kappa shape index (κ3) is 1.99. The third-order valence-corrected chi connectivity index (χ3v) is 3.19. The fraction of sp³-hybridized carbons (Fsp3) is 1.00. The Kier molecular flexibility index (Phi) is 2.50. The molecule has 0 heterocycles. The molecule has 0 amide bonds. The molecular formula is C10H21NO. The van der Waals surface area contributed by atoms with Gasteiger partial charge in [0.2, 0.25) is 0 Å². The van der Waals surface area contributed by atoms with Gasteiger partial charge in [-0.3, -0.25) is 0 Å². The molecule has 1 rings (SSSR count). The second-order valence-electron chi connectivity index (χ2n) is 4.79. The normalized spacial score (nSPS) is 23.8. The molecule has 0 aromatic heterocycles. The first-order chi connectivity index (χ1) is 5.42. The summed E-state index contributed by atoms with van der Waals surface area (Å²) in [5, 5.41) is 0. The van der Waals surface area contributed by atoms with Crippen LogP contribution in [0.2, 0.25) is 0 Å². The van der Waals surface area contributed by atoms with Crippen LogP contribution in [0.15, 0.2) is 0 Å². The van der Waals surface area contributed by atoms with Crippen LogP contribution in [0.5, 0.6) is 0 Å². The molecule has 0 aromatic carbocycles. The molecule has 0 radical (unpaired) electrons. The monoisotopic (exact) mass is 171 g/mol. The van der Waals surface area contributed by atoms with Crippen LogP contribution in [0.3, 0.4) is 0 Å². The van der Waals surface area contributed by atoms with Gasteiger partial charge in [0.05, 0.1) is 5.60 Å². The van der Waals surface area contributed by atoms with E-state index in [9.17, 15) is 0 Å². The van der Waals surface area contributed by atoms with E-state index < -0.39 is 0 Å². The van der Waals surface area contributed by atoms with Gasteiger partial charge in [-0.25, -0.2) is 0 Å². The molecular weight excluding hydrogens is 150 g/mol. The molecule has 0 aliphatic heterocycles. The van der Waals surface area contributed by atoms with Crippen molar-refractivity contribution < 1.29 is 4.74 Å². The summed E-state index contributed by atoms with van der Waals surface area (Å²) >= 11 is 0. The van der Waals surface area contributed by atoms with Crippen LogP contribution in [0.25, 0.3) is 0 Å². The van der Waals surface area contributed by atoms with E-state index in [0.29, 0.717) is 11.5 Å². The van der Waals surface area contributed by atoms with Crippen LogP contribution in [-0.4, -0.2) is 18.8 Å². The highest BCUT2D eigenvalue weighted by molar-refractivity contribution is 5.02. The Morgan fingerprint density at radius 2 is 2.00 bits per heavy atom. The van der Waals surface area contributed by atoms with Crippen LogP contribution in [-0.2, 0) is 4.74 Å². The highest BCUT2D eigenvalue weighted by Crippen LogP contribution is 2.53. The molecule has 12 heavy (non-hydrogen) atoms. The van der Waals surface area contributed by atoms with E-state index in [4.69, 9.17) is 10.5 Å². The summed E-state index contributed by atoms with van der Waals surface area (Å²) in [6.45, 7) is 6.38. The lowest BCUT2D eigenvalue weighted by Crippen LogP contribution is -2.36. The van der Waals surface area contributed by atoms with Crippen LogP contribution >= 0.6 is 0 Å². The second-order valence-corrected chi connectivity index (χ2v) is 4.79. The quantitative estimate of drug-likeness (QED) is 0.701. The van der Waals surface area contributed by atoms with Gasteiger partial charge in [-0.05, 0) is 45.4 Å². The predicted octanol–water partition coefficient (Wildman–Crippen LogP) is 1.93. The van der Waals surface area contributed by atoms with E-state index in [0.717, 1.165) is 6.42 Å². The molecule has 1 aliphatic rings. The maximum atomic E-state index is 5.94. The molecule has 0 saturated heterocycles. The molecule has 1 atom stereocenters. The highest BCUT2D eigenvalue weighted by Gasteiger charge is 2.48. The number of ether oxygens (including phenoxy) is 1. The number of methoxy groups -OCH3 is 1. The van der Waals surface area contributed by atoms with E-state index in [1.54, 1.807) is 7.11 Å². The fourth-order valence-corrected chi connectivity index (χ4v) is 1.87. The first-order valence-corrected chi connectivity index (χ1v) is 4.73. The summed E-state index contributed by atoms with van der Waals surface area (Å²) in [5.74, 6) is 0. The summed E-state index contributed by atoms with van der Waals surface area (Å²) in [7, 11) is 1.78. The molecule has 1 aliphatic carbocycles. The fourth-order valence-electron chi connectivity index (χ4n) is 1.87. The summed E-state index contributed by atoms with van der Waals surface area (Å²) in [6.07, 6.45) is 3.64. The van der Waals surface area contributed by atoms with Gasteiger partial charge >= 0.3 is 0 Å². The first-order valence-electron chi connectivity index (χ1n) is 4.73. The standard InChI is InChI=1S/C10H21NO/c1-8(11)10(5-6-10)7-9(2,3)12-4/h8H,5-7,11H2,1-4H3. The van der Waals surface area contributed by atoms with Crippen molar-refractivity contribution in [2.75, 3.05) is 7.11 Å².